The fourth-order valence-corrected chi connectivity index (χ4v) is 1.75. The maximum atomic E-state index is 11.7. The summed E-state index contributed by atoms with van der Waals surface area (Å²) in [7, 11) is 1.95. The Morgan fingerprint density at radius 1 is 1.35 bits per heavy atom. The topological polar surface area (TPSA) is 56.1 Å². The Morgan fingerprint density at radius 2 is 2.05 bits per heavy atom. The average molecular weight is 273 g/mol. The van der Waals surface area contributed by atoms with Crippen LogP contribution in [0.1, 0.15) is 29.9 Å². The number of nitrogens with zero attached hydrogens (tertiary/aromatic N) is 2. The van der Waals surface area contributed by atoms with E-state index in [9.17, 15) is 4.79 Å². The van der Waals surface area contributed by atoms with Crippen molar-refractivity contribution in [1.82, 2.24) is 9.55 Å². The Bertz CT molecular complexity index is 573. The number of nitrogens with one attached hydrogen (secondary N) is 1. The van der Waals surface area contributed by atoms with Gasteiger partial charge in [-0.15, -0.1) is 0 Å². The highest BCUT2D eigenvalue weighted by atomic mass is 16.5. The van der Waals surface area contributed by atoms with Crippen LogP contribution in [0.15, 0.2) is 36.8 Å². The lowest BCUT2D eigenvalue weighted by Gasteiger charge is -2.09. The maximum Gasteiger partial charge on any atom is 0.338 e. The number of imidazole rings is 1. The van der Waals surface area contributed by atoms with Crippen molar-refractivity contribution in [3.8, 4) is 0 Å². The molecule has 20 heavy (non-hydrogen) atoms. The van der Waals surface area contributed by atoms with Crippen molar-refractivity contribution in [2.45, 2.75) is 26.5 Å². The largest absolute Gasteiger partial charge is 0.459 e. The van der Waals surface area contributed by atoms with Gasteiger partial charge in [0.15, 0.2) is 0 Å². The van der Waals surface area contributed by atoms with Gasteiger partial charge in [0.1, 0.15) is 0 Å². The van der Waals surface area contributed by atoms with Crippen LogP contribution in [0.2, 0.25) is 0 Å². The lowest BCUT2D eigenvalue weighted by atomic mass is 10.2. The van der Waals surface area contributed by atoms with Gasteiger partial charge in [-0.3, -0.25) is 0 Å². The van der Waals surface area contributed by atoms with Gasteiger partial charge in [0, 0.05) is 18.9 Å². The number of esters is 1. The first kappa shape index (κ1) is 14.1. The van der Waals surface area contributed by atoms with E-state index in [2.05, 4.69) is 10.3 Å². The predicted molar refractivity (Wildman–Crippen MR) is 77.5 cm³/mol. The lowest BCUT2D eigenvalue weighted by molar-refractivity contribution is 0.0378. The molecule has 0 saturated heterocycles. The molecule has 1 aromatic heterocycles. The number of aromatic nitrogens is 2. The molecule has 1 N–H and O–H groups in total. The Balaban J connectivity index is 1.95. The molecule has 0 spiro atoms. The summed E-state index contributed by atoms with van der Waals surface area (Å²) in [4.78, 5) is 15.8. The fourth-order valence-electron chi connectivity index (χ4n) is 1.75. The fraction of sp³-hybridized carbons (Fsp3) is 0.333. The summed E-state index contributed by atoms with van der Waals surface area (Å²) < 4.78 is 7.10. The highest BCUT2D eigenvalue weighted by Gasteiger charge is 2.08. The molecule has 5 heteroatoms. The maximum absolute atomic E-state index is 11.7. The van der Waals surface area contributed by atoms with Crippen molar-refractivity contribution in [3.05, 3.63) is 48.0 Å². The molecule has 0 saturated carbocycles. The van der Waals surface area contributed by atoms with Gasteiger partial charge in [0.05, 0.1) is 30.2 Å². The van der Waals surface area contributed by atoms with E-state index in [1.807, 2.05) is 43.8 Å². The van der Waals surface area contributed by atoms with E-state index in [-0.39, 0.29) is 12.1 Å². The summed E-state index contributed by atoms with van der Waals surface area (Å²) in [5.41, 5.74) is 2.60. The molecule has 0 aliphatic heterocycles. The number of anilines is 1. The Labute approximate surface area is 118 Å². The molecule has 2 aromatic rings. The van der Waals surface area contributed by atoms with Gasteiger partial charge in [-0.05, 0) is 38.1 Å². The van der Waals surface area contributed by atoms with Crippen molar-refractivity contribution < 1.29 is 9.53 Å². The second-order valence-electron chi connectivity index (χ2n) is 4.88. The summed E-state index contributed by atoms with van der Waals surface area (Å²) in [6.07, 6.45) is 3.48. The van der Waals surface area contributed by atoms with Gasteiger partial charge in [0.25, 0.3) is 0 Å². The normalized spacial score (nSPS) is 10.6. The predicted octanol–water partition coefficient (Wildman–Crippen LogP) is 2.60. The first-order valence-electron chi connectivity index (χ1n) is 6.56. The smallest absolute Gasteiger partial charge is 0.338 e. The number of hydrogen-bond donors (Lipinski definition) is 1. The molecule has 0 unspecified atom stereocenters. The number of ether oxygens (including phenoxy) is 1. The minimum absolute atomic E-state index is 0.106. The van der Waals surface area contributed by atoms with Gasteiger partial charge in [-0.25, -0.2) is 9.78 Å². The second kappa shape index (κ2) is 6.23. The van der Waals surface area contributed by atoms with Crippen LogP contribution >= 0.6 is 0 Å². The molecular weight excluding hydrogens is 254 g/mol. The SMILES string of the molecule is CC(C)OC(=O)c1ccc(NCc2cncn2C)cc1. The van der Waals surface area contributed by atoms with Crippen molar-refractivity contribution in [2.75, 3.05) is 5.32 Å². The van der Waals surface area contributed by atoms with Gasteiger partial charge in [0.2, 0.25) is 0 Å². The summed E-state index contributed by atoms with van der Waals surface area (Å²) in [6, 6.07) is 7.26. The van der Waals surface area contributed by atoms with Crippen LogP contribution in [-0.4, -0.2) is 21.6 Å². The lowest BCUT2D eigenvalue weighted by Crippen LogP contribution is -2.11. The average Bonchev–Trinajstić information content (AvgIpc) is 2.82. The van der Waals surface area contributed by atoms with Crippen molar-refractivity contribution >= 4 is 11.7 Å². The minimum atomic E-state index is -0.293. The number of benzene rings is 1. The van der Waals surface area contributed by atoms with Crippen LogP contribution < -0.4 is 5.32 Å². The Hall–Kier alpha value is -2.30. The molecule has 1 heterocycles. The molecule has 106 valence electrons. The summed E-state index contributed by atoms with van der Waals surface area (Å²) in [6.45, 7) is 4.36. The third kappa shape index (κ3) is 3.60. The third-order valence-electron chi connectivity index (χ3n) is 2.85. The van der Waals surface area contributed by atoms with Crippen LogP contribution in [0.4, 0.5) is 5.69 Å². The third-order valence-corrected chi connectivity index (χ3v) is 2.85. The van der Waals surface area contributed by atoms with E-state index >= 15 is 0 Å². The van der Waals surface area contributed by atoms with Gasteiger partial charge < -0.3 is 14.6 Å². The number of hydrogen-bond acceptors (Lipinski definition) is 4. The molecule has 0 fully saturated rings. The zero-order chi connectivity index (χ0) is 14.5. The van der Waals surface area contributed by atoms with E-state index in [0.717, 1.165) is 11.4 Å². The van der Waals surface area contributed by atoms with Crippen molar-refractivity contribution in [1.29, 1.82) is 0 Å². The van der Waals surface area contributed by atoms with Crippen molar-refractivity contribution in [3.63, 3.8) is 0 Å². The molecule has 0 amide bonds. The molecule has 0 atom stereocenters. The van der Waals surface area contributed by atoms with E-state index in [0.29, 0.717) is 12.1 Å². The summed E-state index contributed by atoms with van der Waals surface area (Å²) in [5.74, 6) is -0.293. The highest BCUT2D eigenvalue weighted by molar-refractivity contribution is 5.89. The monoisotopic (exact) mass is 273 g/mol. The molecule has 2 rings (SSSR count). The van der Waals surface area contributed by atoms with E-state index < -0.39 is 0 Å². The Morgan fingerprint density at radius 3 is 2.60 bits per heavy atom. The molecular formula is C15H19N3O2. The van der Waals surface area contributed by atoms with Gasteiger partial charge in [-0.2, -0.15) is 0 Å². The first-order chi connectivity index (χ1) is 9.56. The summed E-state index contributed by atoms with van der Waals surface area (Å²) in [5, 5.41) is 3.28. The van der Waals surface area contributed by atoms with Gasteiger partial charge in [-0.1, -0.05) is 0 Å². The van der Waals surface area contributed by atoms with Crippen LogP contribution in [0.5, 0.6) is 0 Å². The number of rotatable bonds is 5. The molecule has 0 radical (unpaired) electrons. The van der Waals surface area contributed by atoms with Crippen LogP contribution in [0.25, 0.3) is 0 Å². The molecule has 1 aromatic carbocycles. The second-order valence-corrected chi connectivity index (χ2v) is 4.88. The zero-order valence-electron chi connectivity index (χ0n) is 12.0. The zero-order valence-corrected chi connectivity index (χ0v) is 12.0. The standard InChI is InChI=1S/C15H19N3O2/c1-11(2)20-15(19)12-4-6-13(7-5-12)17-9-14-8-16-10-18(14)3/h4-8,10-11,17H,9H2,1-3H3. The van der Waals surface area contributed by atoms with Gasteiger partial charge >= 0.3 is 5.97 Å². The first-order valence-corrected chi connectivity index (χ1v) is 6.56. The molecule has 0 aliphatic carbocycles. The molecule has 0 aliphatic rings. The number of aryl methyl sites for hydroxylation is 1. The van der Waals surface area contributed by atoms with Crippen LogP contribution in [0.3, 0.4) is 0 Å². The van der Waals surface area contributed by atoms with Crippen LogP contribution in [0, 0.1) is 0 Å². The van der Waals surface area contributed by atoms with E-state index in [4.69, 9.17) is 4.74 Å². The summed E-state index contributed by atoms with van der Waals surface area (Å²) >= 11 is 0. The molecule has 5 nitrogen and oxygen atoms in total. The minimum Gasteiger partial charge on any atom is -0.459 e. The van der Waals surface area contributed by atoms with Crippen molar-refractivity contribution in [2.24, 2.45) is 7.05 Å². The van der Waals surface area contributed by atoms with E-state index in [1.54, 1.807) is 18.5 Å². The molecule has 0 bridgehead atoms. The number of carbonyl (C=O) groups excluding carboxylic acids is 1. The highest BCUT2D eigenvalue weighted by Crippen LogP contribution is 2.12. The Kier molecular flexibility index (Phi) is 4.40. The number of carbonyl (C=O) groups is 1. The van der Waals surface area contributed by atoms with E-state index in [1.165, 1.54) is 0 Å². The van der Waals surface area contributed by atoms with Crippen LogP contribution in [-0.2, 0) is 18.3 Å². The quantitative estimate of drug-likeness (QED) is 0.851.